The molecule has 0 fully saturated rings. The lowest BCUT2D eigenvalue weighted by Gasteiger charge is -2.15. The molecule has 2 aliphatic heterocycles. The summed E-state index contributed by atoms with van der Waals surface area (Å²) >= 11 is 0. The number of carbonyl (C=O) groups is 1. The number of amides is 1. The Morgan fingerprint density at radius 2 is 2.00 bits per heavy atom. The number of rotatable bonds is 0. The van der Waals surface area contributed by atoms with Gasteiger partial charge in [0.25, 0.3) is 0 Å². The normalized spacial score (nSPS) is 21.6. The molecule has 2 heterocycles. The maximum atomic E-state index is 11.1. The lowest BCUT2D eigenvalue weighted by Crippen LogP contribution is -2.32. The van der Waals surface area contributed by atoms with Crippen LogP contribution >= 0.6 is 0 Å². The number of nitrogens with one attached hydrogen (secondary N) is 1. The van der Waals surface area contributed by atoms with Crippen molar-refractivity contribution in [1.29, 1.82) is 0 Å². The minimum Gasteiger partial charge on any atom is -0.453 e. The van der Waals surface area contributed by atoms with Crippen LogP contribution < -0.4 is 5.32 Å². The summed E-state index contributed by atoms with van der Waals surface area (Å²) in [5.41, 5.74) is 2.72. The van der Waals surface area contributed by atoms with E-state index >= 15 is 0 Å². The van der Waals surface area contributed by atoms with Gasteiger partial charge >= 0.3 is 6.09 Å². The average Bonchev–Trinajstić information content (AvgIpc) is 2.60. The topological polar surface area (TPSA) is 41.6 Å². The summed E-state index contributed by atoms with van der Waals surface area (Å²) in [6, 6.07) is 0. The second kappa shape index (κ2) is 2.79. The summed E-state index contributed by atoms with van der Waals surface area (Å²) in [5, 5.41) is 3.25. The van der Waals surface area contributed by atoms with E-state index in [2.05, 4.69) is 10.1 Å². The van der Waals surface area contributed by atoms with Crippen molar-refractivity contribution in [1.82, 2.24) is 10.2 Å². The van der Waals surface area contributed by atoms with Gasteiger partial charge in [0.15, 0.2) is 0 Å². The molecule has 0 aromatic carbocycles. The fourth-order valence-corrected chi connectivity index (χ4v) is 1.72. The third-order valence-corrected chi connectivity index (χ3v) is 2.37. The van der Waals surface area contributed by atoms with E-state index in [-0.39, 0.29) is 6.09 Å². The van der Waals surface area contributed by atoms with Crippen LogP contribution in [-0.4, -0.2) is 44.3 Å². The molecule has 4 nitrogen and oxygen atoms in total. The second-order valence-corrected chi connectivity index (χ2v) is 3.14. The molecular weight excluding hydrogens is 156 g/mol. The van der Waals surface area contributed by atoms with Gasteiger partial charge in [-0.25, -0.2) is 4.79 Å². The van der Waals surface area contributed by atoms with Gasteiger partial charge in [-0.15, -0.1) is 0 Å². The van der Waals surface area contributed by atoms with Gasteiger partial charge in [0, 0.05) is 26.2 Å². The fourth-order valence-electron chi connectivity index (χ4n) is 1.72. The molecule has 1 N–H and O–H groups in total. The smallest absolute Gasteiger partial charge is 0.410 e. The van der Waals surface area contributed by atoms with E-state index in [0.717, 1.165) is 26.2 Å². The molecule has 1 amide bonds. The van der Waals surface area contributed by atoms with Crippen molar-refractivity contribution >= 4 is 6.09 Å². The third-order valence-electron chi connectivity index (χ3n) is 2.37. The predicted molar refractivity (Wildman–Crippen MR) is 43.9 cm³/mol. The number of ether oxygens (including phenoxy) is 1. The molecule has 0 unspecified atom stereocenters. The molecule has 0 atom stereocenters. The van der Waals surface area contributed by atoms with Crippen LogP contribution in [0.4, 0.5) is 4.79 Å². The minimum atomic E-state index is -0.218. The largest absolute Gasteiger partial charge is 0.453 e. The van der Waals surface area contributed by atoms with E-state index in [1.165, 1.54) is 18.3 Å². The third kappa shape index (κ3) is 1.08. The zero-order valence-corrected chi connectivity index (χ0v) is 7.09. The van der Waals surface area contributed by atoms with Gasteiger partial charge < -0.3 is 15.0 Å². The Bertz CT molecular complexity index is 231. The molecule has 2 rings (SSSR count). The summed E-state index contributed by atoms with van der Waals surface area (Å²) in [6.45, 7) is 3.36. The van der Waals surface area contributed by atoms with Gasteiger partial charge in [-0.1, -0.05) is 0 Å². The first kappa shape index (κ1) is 7.61. The second-order valence-electron chi connectivity index (χ2n) is 3.14. The van der Waals surface area contributed by atoms with Gasteiger partial charge in [-0.2, -0.15) is 0 Å². The van der Waals surface area contributed by atoms with Crippen molar-refractivity contribution in [2.75, 3.05) is 33.3 Å². The molecule has 2 aliphatic rings. The lowest BCUT2D eigenvalue weighted by atomic mass is 10.2. The zero-order chi connectivity index (χ0) is 8.55. The lowest BCUT2D eigenvalue weighted by molar-refractivity contribution is 0.133. The average molecular weight is 168 g/mol. The molecule has 0 aromatic heterocycles. The fraction of sp³-hybridized carbons (Fsp3) is 0.625. The molecule has 0 bridgehead atoms. The number of nitrogens with zero attached hydrogens (tertiary/aromatic N) is 1. The highest BCUT2D eigenvalue weighted by Crippen LogP contribution is 2.20. The molecule has 0 saturated heterocycles. The van der Waals surface area contributed by atoms with E-state index in [1.807, 2.05) is 0 Å². The number of hydrogen-bond acceptors (Lipinski definition) is 3. The van der Waals surface area contributed by atoms with Gasteiger partial charge in [0.1, 0.15) is 0 Å². The van der Waals surface area contributed by atoms with Crippen LogP contribution in [0.2, 0.25) is 0 Å². The van der Waals surface area contributed by atoms with Gasteiger partial charge in [0.05, 0.1) is 7.11 Å². The number of hydrogen-bond donors (Lipinski definition) is 1. The van der Waals surface area contributed by atoms with Crippen molar-refractivity contribution < 1.29 is 9.53 Å². The molecule has 4 heteroatoms. The maximum Gasteiger partial charge on any atom is 0.410 e. The SMILES string of the molecule is COC(=O)N1CC2=C(CNC2)C1. The Morgan fingerprint density at radius 1 is 1.42 bits per heavy atom. The van der Waals surface area contributed by atoms with Crippen LogP contribution in [-0.2, 0) is 4.74 Å². The summed E-state index contributed by atoms with van der Waals surface area (Å²) < 4.78 is 4.64. The predicted octanol–water partition coefficient (Wildman–Crippen LogP) is -0.0318. The highest BCUT2D eigenvalue weighted by Gasteiger charge is 2.28. The Morgan fingerprint density at radius 3 is 2.50 bits per heavy atom. The summed E-state index contributed by atoms with van der Waals surface area (Å²) in [6.07, 6.45) is -0.218. The van der Waals surface area contributed by atoms with E-state index in [1.54, 1.807) is 4.90 Å². The maximum absolute atomic E-state index is 11.1. The van der Waals surface area contributed by atoms with Crippen LogP contribution in [0.3, 0.4) is 0 Å². The Balaban J connectivity index is 1.99. The molecule has 0 aliphatic carbocycles. The molecular formula is C8H12N2O2. The van der Waals surface area contributed by atoms with Gasteiger partial charge in [0.2, 0.25) is 0 Å². The first-order chi connectivity index (χ1) is 5.81. The van der Waals surface area contributed by atoms with Crippen molar-refractivity contribution in [3.8, 4) is 0 Å². The van der Waals surface area contributed by atoms with Gasteiger partial charge in [-0.3, -0.25) is 0 Å². The van der Waals surface area contributed by atoms with E-state index in [4.69, 9.17) is 0 Å². The molecule has 0 radical (unpaired) electrons. The van der Waals surface area contributed by atoms with E-state index < -0.39 is 0 Å². The number of methoxy groups -OCH3 is 1. The van der Waals surface area contributed by atoms with Crippen LogP contribution in [0.15, 0.2) is 11.1 Å². The zero-order valence-electron chi connectivity index (χ0n) is 7.09. The summed E-state index contributed by atoms with van der Waals surface area (Å²) in [7, 11) is 1.42. The highest BCUT2D eigenvalue weighted by atomic mass is 16.5. The molecule has 0 saturated carbocycles. The molecule has 66 valence electrons. The Kier molecular flexibility index (Phi) is 1.77. The van der Waals surface area contributed by atoms with Gasteiger partial charge in [-0.05, 0) is 11.1 Å². The van der Waals surface area contributed by atoms with E-state index in [0.29, 0.717) is 0 Å². The molecule has 12 heavy (non-hydrogen) atoms. The minimum absolute atomic E-state index is 0.218. The van der Waals surface area contributed by atoms with Crippen LogP contribution in [0.25, 0.3) is 0 Å². The van der Waals surface area contributed by atoms with Crippen LogP contribution in [0.5, 0.6) is 0 Å². The monoisotopic (exact) mass is 168 g/mol. The van der Waals surface area contributed by atoms with Crippen LogP contribution in [0, 0.1) is 0 Å². The van der Waals surface area contributed by atoms with Crippen molar-refractivity contribution in [2.24, 2.45) is 0 Å². The standard InChI is InChI=1S/C8H12N2O2/c1-12-8(11)10-4-6-2-9-3-7(6)5-10/h9H,2-5H2,1H3. The Hall–Kier alpha value is -1.03. The Labute approximate surface area is 71.2 Å². The summed E-state index contributed by atoms with van der Waals surface area (Å²) in [5.74, 6) is 0. The molecule has 0 aromatic rings. The first-order valence-electron chi connectivity index (χ1n) is 4.04. The molecule has 0 spiro atoms. The van der Waals surface area contributed by atoms with Crippen molar-refractivity contribution in [3.63, 3.8) is 0 Å². The van der Waals surface area contributed by atoms with E-state index in [9.17, 15) is 4.79 Å². The summed E-state index contributed by atoms with van der Waals surface area (Å²) in [4.78, 5) is 12.8. The van der Waals surface area contributed by atoms with Crippen molar-refractivity contribution in [2.45, 2.75) is 0 Å². The highest BCUT2D eigenvalue weighted by molar-refractivity contribution is 5.69. The first-order valence-corrected chi connectivity index (χ1v) is 4.04. The van der Waals surface area contributed by atoms with Crippen LogP contribution in [0.1, 0.15) is 0 Å². The number of carbonyl (C=O) groups excluding carboxylic acids is 1. The van der Waals surface area contributed by atoms with Crippen molar-refractivity contribution in [3.05, 3.63) is 11.1 Å². The quantitative estimate of drug-likeness (QED) is 0.516.